The quantitative estimate of drug-likeness (QED) is 0.787. The fourth-order valence-corrected chi connectivity index (χ4v) is 1.24. The van der Waals surface area contributed by atoms with Gasteiger partial charge in [-0.25, -0.2) is 0 Å². The molecule has 0 saturated heterocycles. The van der Waals surface area contributed by atoms with Crippen molar-refractivity contribution >= 4 is 0 Å². The molecule has 16 heavy (non-hydrogen) atoms. The zero-order valence-electron chi connectivity index (χ0n) is 8.24. The number of hydrogen-bond acceptors (Lipinski definition) is 3. The highest BCUT2D eigenvalue weighted by atomic mass is 19.4. The molecule has 3 N–H and O–H groups in total. The van der Waals surface area contributed by atoms with Gasteiger partial charge in [-0.3, -0.25) is 4.79 Å². The van der Waals surface area contributed by atoms with Gasteiger partial charge in [-0.2, -0.15) is 13.2 Å². The Bertz CT molecular complexity index is 414. The van der Waals surface area contributed by atoms with Gasteiger partial charge in [0.15, 0.2) is 0 Å². The van der Waals surface area contributed by atoms with Crippen LogP contribution in [0.4, 0.5) is 13.2 Å². The van der Waals surface area contributed by atoms with Gasteiger partial charge in [0.1, 0.15) is 5.69 Å². The summed E-state index contributed by atoms with van der Waals surface area (Å²) in [6, 6.07) is 2.81. The van der Waals surface area contributed by atoms with Crippen molar-refractivity contribution in [1.29, 1.82) is 0 Å². The molecule has 0 fully saturated rings. The maximum absolute atomic E-state index is 12.5. The van der Waals surface area contributed by atoms with E-state index in [1.54, 1.807) is 0 Å². The Hall–Kier alpha value is -1.34. The van der Waals surface area contributed by atoms with E-state index >= 15 is 0 Å². The zero-order chi connectivity index (χ0) is 12.3. The summed E-state index contributed by atoms with van der Waals surface area (Å²) >= 11 is 0. The number of pyridine rings is 1. The molecule has 0 spiro atoms. The number of aromatic nitrogens is 1. The highest BCUT2D eigenvalue weighted by Crippen LogP contribution is 2.28. The van der Waals surface area contributed by atoms with Crippen molar-refractivity contribution < 1.29 is 18.3 Å². The second kappa shape index (κ2) is 4.67. The third-order valence-corrected chi connectivity index (χ3v) is 2.01. The van der Waals surface area contributed by atoms with Crippen LogP contribution in [0, 0.1) is 0 Å². The monoisotopic (exact) mass is 236 g/mol. The van der Waals surface area contributed by atoms with Crippen molar-refractivity contribution in [1.82, 2.24) is 4.57 Å². The average Bonchev–Trinajstić information content (AvgIpc) is 2.19. The molecule has 4 nitrogen and oxygen atoms in total. The van der Waals surface area contributed by atoms with E-state index in [2.05, 4.69) is 0 Å². The maximum Gasteiger partial charge on any atom is 0.431 e. The molecular formula is C9H11F3N2O2. The van der Waals surface area contributed by atoms with Crippen LogP contribution in [0.2, 0.25) is 0 Å². The number of aliphatic hydroxyl groups excluding tert-OH is 1. The first kappa shape index (κ1) is 12.7. The van der Waals surface area contributed by atoms with Crippen LogP contribution in [0.25, 0.3) is 0 Å². The molecule has 0 aliphatic rings. The fraction of sp³-hybridized carbons (Fsp3) is 0.444. The normalized spacial score (nSPS) is 13.8. The Kier molecular flexibility index (Phi) is 3.71. The maximum atomic E-state index is 12.5. The van der Waals surface area contributed by atoms with E-state index in [0.717, 1.165) is 18.2 Å². The van der Waals surface area contributed by atoms with Gasteiger partial charge in [-0.1, -0.05) is 6.07 Å². The lowest BCUT2D eigenvalue weighted by molar-refractivity contribution is -0.144. The topological polar surface area (TPSA) is 68.2 Å². The first-order valence-electron chi connectivity index (χ1n) is 4.51. The second-order valence-corrected chi connectivity index (χ2v) is 3.25. The van der Waals surface area contributed by atoms with Crippen LogP contribution in [0.5, 0.6) is 0 Å². The second-order valence-electron chi connectivity index (χ2n) is 3.25. The first-order chi connectivity index (χ1) is 7.36. The number of alkyl halides is 3. The standard InChI is InChI=1S/C9H11F3N2O2/c10-9(11,12)7-2-1-3-8(16)14(7)5-6(15)4-13/h1-3,6,15H,4-5,13H2. The van der Waals surface area contributed by atoms with Crippen LogP contribution >= 0.6 is 0 Å². The first-order valence-corrected chi connectivity index (χ1v) is 4.51. The molecule has 0 aromatic carbocycles. The SMILES string of the molecule is NCC(O)Cn1c(C(F)(F)F)cccc1=O. The minimum atomic E-state index is -4.63. The van der Waals surface area contributed by atoms with E-state index in [1.165, 1.54) is 0 Å². The van der Waals surface area contributed by atoms with Crippen LogP contribution in [0.15, 0.2) is 23.0 Å². The predicted octanol–water partition coefficient (Wildman–Crippen LogP) is 0.187. The summed E-state index contributed by atoms with van der Waals surface area (Å²) in [6.45, 7) is -0.677. The molecule has 1 rings (SSSR count). The molecule has 0 bridgehead atoms. The van der Waals surface area contributed by atoms with E-state index in [0.29, 0.717) is 4.57 Å². The number of rotatable bonds is 3. The van der Waals surface area contributed by atoms with E-state index in [-0.39, 0.29) is 6.54 Å². The van der Waals surface area contributed by atoms with Crippen molar-refractivity contribution in [3.8, 4) is 0 Å². The molecule has 1 aromatic heterocycles. The summed E-state index contributed by atoms with van der Waals surface area (Å²) in [4.78, 5) is 11.2. The third-order valence-electron chi connectivity index (χ3n) is 2.01. The van der Waals surface area contributed by atoms with Crippen molar-refractivity contribution in [3.05, 3.63) is 34.2 Å². The molecule has 0 aliphatic carbocycles. The van der Waals surface area contributed by atoms with E-state index in [9.17, 15) is 23.1 Å². The van der Waals surface area contributed by atoms with Gasteiger partial charge in [-0.15, -0.1) is 0 Å². The van der Waals surface area contributed by atoms with Gasteiger partial charge in [0.2, 0.25) is 0 Å². The summed E-state index contributed by atoms with van der Waals surface area (Å²) < 4.78 is 38.0. The molecule has 0 amide bonds. The van der Waals surface area contributed by atoms with Gasteiger partial charge in [0, 0.05) is 12.6 Å². The van der Waals surface area contributed by atoms with Crippen LogP contribution < -0.4 is 11.3 Å². The Morgan fingerprint density at radius 3 is 2.56 bits per heavy atom. The molecule has 0 saturated carbocycles. The molecule has 0 radical (unpaired) electrons. The average molecular weight is 236 g/mol. The summed E-state index contributed by atoms with van der Waals surface area (Å²) in [7, 11) is 0. The minimum absolute atomic E-state index is 0.210. The van der Waals surface area contributed by atoms with Gasteiger partial charge in [0.25, 0.3) is 5.56 Å². The zero-order valence-corrected chi connectivity index (χ0v) is 8.24. The summed E-state index contributed by atoms with van der Waals surface area (Å²) in [5.74, 6) is 0. The summed E-state index contributed by atoms with van der Waals surface area (Å²) in [5, 5.41) is 9.17. The van der Waals surface area contributed by atoms with Crippen LogP contribution in [0.1, 0.15) is 5.69 Å². The van der Waals surface area contributed by atoms with Crippen molar-refractivity contribution in [2.45, 2.75) is 18.8 Å². The predicted molar refractivity (Wildman–Crippen MR) is 50.8 cm³/mol. The molecule has 1 unspecified atom stereocenters. The van der Waals surface area contributed by atoms with E-state index < -0.39 is 30.1 Å². The van der Waals surface area contributed by atoms with Gasteiger partial charge < -0.3 is 15.4 Å². The third kappa shape index (κ3) is 2.83. The lowest BCUT2D eigenvalue weighted by Gasteiger charge is -2.16. The number of halogens is 3. The Morgan fingerprint density at radius 1 is 1.44 bits per heavy atom. The lowest BCUT2D eigenvalue weighted by Crippen LogP contribution is -2.34. The number of aliphatic hydroxyl groups is 1. The van der Waals surface area contributed by atoms with Crippen molar-refractivity contribution in [3.63, 3.8) is 0 Å². The van der Waals surface area contributed by atoms with Crippen molar-refractivity contribution in [2.24, 2.45) is 5.73 Å². The summed E-state index contributed by atoms with van der Waals surface area (Å²) in [6.07, 6.45) is -5.81. The van der Waals surface area contributed by atoms with E-state index in [4.69, 9.17) is 5.73 Å². The summed E-state index contributed by atoms with van der Waals surface area (Å²) in [5.41, 5.74) is 3.17. The lowest BCUT2D eigenvalue weighted by atomic mass is 10.3. The molecule has 90 valence electrons. The Balaban J connectivity index is 3.20. The van der Waals surface area contributed by atoms with Gasteiger partial charge in [-0.05, 0) is 6.07 Å². The van der Waals surface area contributed by atoms with Gasteiger partial charge >= 0.3 is 6.18 Å². The number of nitrogens with two attached hydrogens (primary N) is 1. The molecular weight excluding hydrogens is 225 g/mol. The molecule has 0 aliphatic heterocycles. The molecule has 1 atom stereocenters. The highest BCUT2D eigenvalue weighted by Gasteiger charge is 2.34. The highest BCUT2D eigenvalue weighted by molar-refractivity contribution is 5.10. The van der Waals surface area contributed by atoms with Crippen LogP contribution in [-0.4, -0.2) is 22.3 Å². The largest absolute Gasteiger partial charge is 0.431 e. The number of hydrogen-bond donors (Lipinski definition) is 2. The van der Waals surface area contributed by atoms with Gasteiger partial charge in [0.05, 0.1) is 12.6 Å². The molecule has 1 heterocycles. The minimum Gasteiger partial charge on any atom is -0.390 e. The smallest absolute Gasteiger partial charge is 0.390 e. The van der Waals surface area contributed by atoms with Crippen LogP contribution in [0.3, 0.4) is 0 Å². The Labute approximate surface area is 89.1 Å². The number of nitrogens with zero attached hydrogens (tertiary/aromatic N) is 1. The fourth-order valence-electron chi connectivity index (χ4n) is 1.24. The van der Waals surface area contributed by atoms with E-state index in [1.807, 2.05) is 0 Å². The van der Waals surface area contributed by atoms with Crippen LogP contribution in [-0.2, 0) is 12.7 Å². The molecule has 7 heteroatoms. The molecule has 1 aromatic rings. The Morgan fingerprint density at radius 2 is 2.06 bits per heavy atom. The van der Waals surface area contributed by atoms with Crippen molar-refractivity contribution in [2.75, 3.05) is 6.54 Å².